The number of methoxy groups -OCH3 is 1. The molecule has 0 fully saturated rings. The molecule has 0 aliphatic carbocycles. The second-order valence-corrected chi connectivity index (χ2v) is 6.53. The average Bonchev–Trinajstić information content (AvgIpc) is 2.67. The van der Waals surface area contributed by atoms with Crippen molar-refractivity contribution in [1.82, 2.24) is 0 Å². The molecule has 28 heavy (non-hydrogen) atoms. The van der Waals surface area contributed by atoms with Crippen LogP contribution in [0.15, 0.2) is 59.1 Å². The lowest BCUT2D eigenvalue weighted by Gasteiger charge is -2.11. The van der Waals surface area contributed by atoms with Crippen molar-refractivity contribution in [2.45, 2.75) is 33.6 Å². The first-order chi connectivity index (χ1) is 13.4. The SMILES string of the molecule is CCOC(=O)CC(=Nc1cccc(O)c1CC=C(C)C)c1ccc(OC)cc1. The summed E-state index contributed by atoms with van der Waals surface area (Å²) in [5.74, 6) is 0.563. The highest BCUT2D eigenvalue weighted by atomic mass is 16.5. The van der Waals surface area contributed by atoms with Gasteiger partial charge in [0.25, 0.3) is 0 Å². The lowest BCUT2D eigenvalue weighted by Crippen LogP contribution is -2.12. The number of aliphatic imine (C=N–C) groups is 1. The Hall–Kier alpha value is -3.08. The van der Waals surface area contributed by atoms with Gasteiger partial charge in [0.2, 0.25) is 0 Å². The number of allylic oxidation sites excluding steroid dienone is 2. The Labute approximate surface area is 166 Å². The van der Waals surface area contributed by atoms with Gasteiger partial charge in [-0.2, -0.15) is 0 Å². The standard InChI is InChI=1S/C23H27NO4/c1-5-28-23(26)15-21(17-10-12-18(27-4)13-11-17)24-20-7-6-8-22(25)19(20)14-9-16(2)3/h6-13,25H,5,14-15H2,1-4H3. The predicted molar refractivity (Wildman–Crippen MR) is 112 cm³/mol. The molecule has 0 aliphatic rings. The molecule has 148 valence electrons. The summed E-state index contributed by atoms with van der Waals surface area (Å²) < 4.78 is 10.3. The first kappa shape index (κ1) is 21.2. The van der Waals surface area contributed by atoms with E-state index in [9.17, 15) is 9.90 Å². The van der Waals surface area contributed by atoms with E-state index in [1.165, 1.54) is 0 Å². The van der Waals surface area contributed by atoms with Gasteiger partial charge in [0.1, 0.15) is 11.5 Å². The van der Waals surface area contributed by atoms with Gasteiger partial charge in [-0.3, -0.25) is 9.79 Å². The van der Waals surface area contributed by atoms with E-state index >= 15 is 0 Å². The van der Waals surface area contributed by atoms with E-state index in [2.05, 4.69) is 0 Å². The number of carbonyl (C=O) groups is 1. The summed E-state index contributed by atoms with van der Waals surface area (Å²) in [7, 11) is 1.60. The molecule has 0 atom stereocenters. The smallest absolute Gasteiger partial charge is 0.311 e. The Morgan fingerprint density at radius 2 is 1.86 bits per heavy atom. The number of hydrogen-bond donors (Lipinski definition) is 1. The zero-order valence-electron chi connectivity index (χ0n) is 16.9. The summed E-state index contributed by atoms with van der Waals surface area (Å²) >= 11 is 0. The van der Waals surface area contributed by atoms with Crippen molar-refractivity contribution in [2.24, 2.45) is 4.99 Å². The van der Waals surface area contributed by atoms with Gasteiger partial charge in [0.15, 0.2) is 0 Å². The number of phenolic OH excluding ortho intramolecular Hbond substituents is 1. The maximum atomic E-state index is 12.1. The zero-order valence-corrected chi connectivity index (χ0v) is 16.9. The minimum atomic E-state index is -0.344. The van der Waals surface area contributed by atoms with E-state index in [0.29, 0.717) is 24.4 Å². The maximum absolute atomic E-state index is 12.1. The lowest BCUT2D eigenvalue weighted by atomic mass is 10.0. The van der Waals surface area contributed by atoms with Gasteiger partial charge in [-0.25, -0.2) is 0 Å². The second kappa shape index (κ2) is 10.3. The Kier molecular flexibility index (Phi) is 7.81. The molecule has 5 heteroatoms. The number of hydrogen-bond acceptors (Lipinski definition) is 5. The quantitative estimate of drug-likeness (QED) is 0.398. The number of ether oxygens (including phenoxy) is 2. The third-order valence-electron chi connectivity index (χ3n) is 4.14. The van der Waals surface area contributed by atoms with Crippen molar-refractivity contribution in [3.63, 3.8) is 0 Å². The monoisotopic (exact) mass is 381 g/mol. The van der Waals surface area contributed by atoms with Gasteiger partial charge in [0, 0.05) is 5.56 Å². The summed E-state index contributed by atoms with van der Waals surface area (Å²) in [5, 5.41) is 10.3. The largest absolute Gasteiger partial charge is 0.508 e. The number of rotatable bonds is 8. The Morgan fingerprint density at radius 3 is 2.46 bits per heavy atom. The van der Waals surface area contributed by atoms with Crippen molar-refractivity contribution in [2.75, 3.05) is 13.7 Å². The third-order valence-corrected chi connectivity index (χ3v) is 4.14. The summed E-state index contributed by atoms with van der Waals surface area (Å²) in [5.41, 5.74) is 3.88. The van der Waals surface area contributed by atoms with E-state index in [0.717, 1.165) is 22.4 Å². The van der Waals surface area contributed by atoms with Crippen LogP contribution >= 0.6 is 0 Å². The van der Waals surface area contributed by atoms with E-state index < -0.39 is 0 Å². The fourth-order valence-electron chi connectivity index (χ4n) is 2.67. The van der Waals surface area contributed by atoms with Gasteiger partial charge in [-0.15, -0.1) is 0 Å². The lowest BCUT2D eigenvalue weighted by molar-refractivity contribution is -0.141. The van der Waals surface area contributed by atoms with E-state index in [4.69, 9.17) is 14.5 Å². The highest BCUT2D eigenvalue weighted by molar-refractivity contribution is 6.10. The molecule has 2 aromatic carbocycles. The number of esters is 1. The van der Waals surface area contributed by atoms with Crippen LogP contribution < -0.4 is 4.74 Å². The predicted octanol–water partition coefficient (Wildman–Crippen LogP) is 4.98. The Balaban J connectivity index is 2.50. The highest BCUT2D eigenvalue weighted by Gasteiger charge is 2.14. The fourth-order valence-corrected chi connectivity index (χ4v) is 2.67. The van der Waals surface area contributed by atoms with Crippen molar-refractivity contribution in [3.05, 3.63) is 65.2 Å². The number of benzene rings is 2. The molecule has 0 saturated heterocycles. The van der Waals surface area contributed by atoms with Crippen LogP contribution in [0, 0.1) is 0 Å². The molecule has 0 spiro atoms. The molecular formula is C23H27NO4. The van der Waals surface area contributed by atoms with Gasteiger partial charge < -0.3 is 14.6 Å². The molecule has 0 heterocycles. The van der Waals surface area contributed by atoms with E-state index in [1.807, 2.05) is 50.3 Å². The average molecular weight is 381 g/mol. The van der Waals surface area contributed by atoms with Crippen molar-refractivity contribution in [1.29, 1.82) is 0 Å². The molecule has 0 aromatic heterocycles. The molecule has 0 amide bonds. The molecule has 0 radical (unpaired) electrons. The van der Waals surface area contributed by atoms with Crippen LogP contribution in [0.5, 0.6) is 11.5 Å². The van der Waals surface area contributed by atoms with Gasteiger partial charge in [-0.1, -0.05) is 17.7 Å². The van der Waals surface area contributed by atoms with Crippen LogP contribution in [0.1, 0.15) is 38.3 Å². The molecule has 0 aliphatic heterocycles. The maximum Gasteiger partial charge on any atom is 0.311 e. The molecule has 1 N–H and O–H groups in total. The first-order valence-corrected chi connectivity index (χ1v) is 9.26. The van der Waals surface area contributed by atoms with Crippen LogP contribution in [0.4, 0.5) is 5.69 Å². The molecule has 0 unspecified atom stereocenters. The van der Waals surface area contributed by atoms with Gasteiger partial charge >= 0.3 is 5.97 Å². The van der Waals surface area contributed by atoms with Crippen LogP contribution in [-0.4, -0.2) is 30.5 Å². The van der Waals surface area contributed by atoms with Gasteiger partial charge in [-0.05, 0) is 69.2 Å². The minimum absolute atomic E-state index is 0.0396. The van der Waals surface area contributed by atoms with E-state index in [1.54, 1.807) is 26.2 Å². The van der Waals surface area contributed by atoms with Crippen LogP contribution in [-0.2, 0) is 16.0 Å². The molecular weight excluding hydrogens is 354 g/mol. The van der Waals surface area contributed by atoms with Crippen LogP contribution in [0.25, 0.3) is 0 Å². The summed E-state index contributed by atoms with van der Waals surface area (Å²) in [6.07, 6.45) is 2.63. The Bertz CT molecular complexity index is 863. The minimum Gasteiger partial charge on any atom is -0.508 e. The fraction of sp³-hybridized carbons (Fsp3) is 0.304. The number of aromatic hydroxyl groups is 1. The summed E-state index contributed by atoms with van der Waals surface area (Å²) in [4.78, 5) is 16.9. The van der Waals surface area contributed by atoms with Crippen molar-refractivity contribution >= 4 is 17.4 Å². The highest BCUT2D eigenvalue weighted by Crippen LogP contribution is 2.30. The van der Waals surface area contributed by atoms with Crippen LogP contribution in [0.3, 0.4) is 0 Å². The second-order valence-electron chi connectivity index (χ2n) is 6.53. The molecule has 0 bridgehead atoms. The summed E-state index contributed by atoms with van der Waals surface area (Å²) in [6.45, 7) is 6.10. The first-order valence-electron chi connectivity index (χ1n) is 9.26. The number of nitrogens with zero attached hydrogens (tertiary/aromatic N) is 1. The van der Waals surface area contributed by atoms with Crippen molar-refractivity contribution in [3.8, 4) is 11.5 Å². The zero-order chi connectivity index (χ0) is 20.5. The third kappa shape index (κ3) is 5.98. The van der Waals surface area contributed by atoms with E-state index in [-0.39, 0.29) is 18.1 Å². The molecule has 2 rings (SSSR count). The number of carbonyl (C=O) groups excluding carboxylic acids is 1. The topological polar surface area (TPSA) is 68.1 Å². The van der Waals surface area contributed by atoms with Gasteiger partial charge in [0.05, 0.1) is 31.5 Å². The molecule has 2 aromatic rings. The number of phenols is 1. The molecule has 5 nitrogen and oxygen atoms in total. The molecule has 0 saturated carbocycles. The van der Waals surface area contributed by atoms with Crippen LogP contribution in [0.2, 0.25) is 0 Å². The summed E-state index contributed by atoms with van der Waals surface area (Å²) in [6, 6.07) is 12.6. The van der Waals surface area contributed by atoms with Crippen molar-refractivity contribution < 1.29 is 19.4 Å². The normalized spacial score (nSPS) is 11.1. The Morgan fingerprint density at radius 1 is 1.14 bits per heavy atom.